The lowest BCUT2D eigenvalue weighted by Crippen LogP contribution is -2.45. The molecule has 0 amide bonds. The van der Waals surface area contributed by atoms with Gasteiger partial charge in [-0.05, 0) is 44.5 Å². The number of anilines is 3. The average molecular weight is 472 g/mol. The average Bonchev–Trinajstić information content (AvgIpc) is 3.21. The first-order valence-electron chi connectivity index (χ1n) is 11.2. The quantitative estimate of drug-likeness (QED) is 0.429. The van der Waals surface area contributed by atoms with Crippen molar-refractivity contribution in [2.45, 2.75) is 33.0 Å². The lowest BCUT2D eigenvalue weighted by atomic mass is 10.2. The van der Waals surface area contributed by atoms with Gasteiger partial charge in [0.2, 0.25) is 5.88 Å². The van der Waals surface area contributed by atoms with Crippen molar-refractivity contribution < 1.29 is 9.47 Å². The molecule has 178 valence electrons. The van der Waals surface area contributed by atoms with Crippen molar-refractivity contribution in [3.05, 3.63) is 53.8 Å². The summed E-state index contributed by atoms with van der Waals surface area (Å²) in [6, 6.07) is 7.28. The highest BCUT2D eigenvalue weighted by molar-refractivity contribution is 5.88. The molecule has 5 rings (SSSR count). The minimum Gasteiger partial charge on any atom is -0.435 e. The minimum atomic E-state index is 0.141. The Morgan fingerprint density at radius 2 is 1.94 bits per heavy atom. The molecule has 1 saturated heterocycles. The van der Waals surface area contributed by atoms with Crippen LogP contribution in [-0.2, 0) is 11.8 Å². The number of morpholine rings is 1. The number of hydrogen-bond donors (Lipinski definition) is 1. The van der Waals surface area contributed by atoms with Crippen molar-refractivity contribution in [2.24, 2.45) is 7.05 Å². The van der Waals surface area contributed by atoms with Gasteiger partial charge in [-0.25, -0.2) is 4.98 Å². The summed E-state index contributed by atoms with van der Waals surface area (Å²) in [5.74, 6) is 2.59. The van der Waals surface area contributed by atoms with Crippen LogP contribution in [0.4, 0.5) is 23.1 Å². The number of ether oxygens (including phenoxy) is 2. The predicted octanol–water partition coefficient (Wildman–Crippen LogP) is 4.16. The zero-order chi connectivity index (χ0) is 24.5. The number of imidazole rings is 1. The molecule has 4 aromatic heterocycles. The first-order chi connectivity index (χ1) is 16.9. The van der Waals surface area contributed by atoms with Crippen molar-refractivity contribution in [3.63, 3.8) is 0 Å². The normalized spacial score (nSPS) is 17.9. The van der Waals surface area contributed by atoms with Gasteiger partial charge < -0.3 is 29.1 Å². The third kappa shape index (κ3) is 4.69. The van der Waals surface area contributed by atoms with Gasteiger partial charge in [0.1, 0.15) is 5.52 Å². The molecule has 0 saturated carbocycles. The summed E-state index contributed by atoms with van der Waals surface area (Å²) in [5.41, 5.74) is 2.80. The van der Waals surface area contributed by atoms with E-state index in [1.54, 1.807) is 18.5 Å². The molecule has 1 fully saturated rings. The van der Waals surface area contributed by atoms with Crippen LogP contribution < -0.4 is 15.0 Å². The topological polar surface area (TPSA) is 107 Å². The number of aromatic nitrogens is 6. The first kappa shape index (κ1) is 22.5. The highest BCUT2D eigenvalue weighted by Gasteiger charge is 2.23. The molecule has 11 nitrogen and oxygen atoms in total. The number of nitrogens with one attached hydrogen (secondary N) is 1. The Morgan fingerprint density at radius 3 is 2.63 bits per heavy atom. The standard InChI is InChI=1S/C24H25N9O2/c1-14-8-20(25-4)26-10-18(14)35-22-9-17(23-24(29-22)32(5)13-27-23)28-19-6-7-21(31-30-19)33-11-15(2)34-16(3)12-33/h6-10,13,15-16H,11-12H2,1-3,5H3,(H,28,29,30)/t15-,16-/m0/s1. The number of fused-ring (bicyclic) bond motifs is 1. The van der Waals surface area contributed by atoms with Crippen molar-refractivity contribution in [1.29, 1.82) is 0 Å². The molecule has 0 spiro atoms. The molecular weight excluding hydrogens is 446 g/mol. The fraction of sp³-hybridized carbons (Fsp3) is 0.333. The third-order valence-electron chi connectivity index (χ3n) is 5.68. The van der Waals surface area contributed by atoms with E-state index in [1.165, 1.54) is 6.20 Å². The maximum atomic E-state index is 7.12. The highest BCUT2D eigenvalue weighted by Crippen LogP contribution is 2.32. The van der Waals surface area contributed by atoms with Crippen LogP contribution in [0.5, 0.6) is 11.6 Å². The van der Waals surface area contributed by atoms with Gasteiger partial charge in [-0.3, -0.25) is 0 Å². The second kappa shape index (κ2) is 9.15. The number of pyridine rings is 2. The summed E-state index contributed by atoms with van der Waals surface area (Å²) < 4.78 is 13.7. The lowest BCUT2D eigenvalue weighted by molar-refractivity contribution is -0.00550. The fourth-order valence-electron chi connectivity index (χ4n) is 4.09. The zero-order valence-electron chi connectivity index (χ0n) is 19.9. The van der Waals surface area contributed by atoms with E-state index in [0.29, 0.717) is 40.1 Å². The summed E-state index contributed by atoms with van der Waals surface area (Å²) in [7, 11) is 1.87. The lowest BCUT2D eigenvalue weighted by Gasteiger charge is -2.35. The van der Waals surface area contributed by atoms with E-state index in [4.69, 9.17) is 16.0 Å². The molecule has 1 aliphatic rings. The Hall–Kier alpha value is -4.30. The van der Waals surface area contributed by atoms with Crippen LogP contribution >= 0.6 is 0 Å². The Labute approximate surface area is 202 Å². The third-order valence-corrected chi connectivity index (χ3v) is 5.68. The molecule has 2 atom stereocenters. The molecule has 1 N–H and O–H groups in total. The van der Waals surface area contributed by atoms with Gasteiger partial charge in [-0.1, -0.05) is 6.57 Å². The Balaban J connectivity index is 1.42. The maximum absolute atomic E-state index is 7.12. The molecule has 35 heavy (non-hydrogen) atoms. The summed E-state index contributed by atoms with van der Waals surface area (Å²) in [5, 5.41) is 12.1. The molecule has 11 heteroatoms. The van der Waals surface area contributed by atoms with E-state index >= 15 is 0 Å². The Morgan fingerprint density at radius 1 is 1.14 bits per heavy atom. The number of aryl methyl sites for hydroxylation is 2. The Bertz CT molecular complexity index is 1400. The fourth-order valence-corrected chi connectivity index (χ4v) is 4.09. The van der Waals surface area contributed by atoms with Crippen molar-refractivity contribution in [2.75, 3.05) is 23.3 Å². The number of nitrogens with zero attached hydrogens (tertiary/aromatic N) is 8. The second-order valence-electron chi connectivity index (χ2n) is 8.62. The molecule has 0 bridgehead atoms. The van der Waals surface area contributed by atoms with E-state index in [1.807, 2.05) is 30.7 Å². The van der Waals surface area contributed by atoms with E-state index in [2.05, 4.69) is 54.1 Å². The van der Waals surface area contributed by atoms with Gasteiger partial charge in [0.25, 0.3) is 5.82 Å². The van der Waals surface area contributed by atoms with Crippen LogP contribution in [0.2, 0.25) is 0 Å². The van der Waals surface area contributed by atoms with Crippen molar-refractivity contribution >= 4 is 34.3 Å². The molecule has 0 radical (unpaired) electrons. The van der Waals surface area contributed by atoms with Gasteiger partial charge >= 0.3 is 0 Å². The van der Waals surface area contributed by atoms with Crippen LogP contribution in [0.1, 0.15) is 19.4 Å². The van der Waals surface area contributed by atoms with Gasteiger partial charge in [0.05, 0.1) is 24.2 Å². The monoisotopic (exact) mass is 471 g/mol. The summed E-state index contributed by atoms with van der Waals surface area (Å²) >= 11 is 0. The molecule has 0 aliphatic carbocycles. The van der Waals surface area contributed by atoms with Crippen LogP contribution in [-0.4, -0.2) is 55.0 Å². The number of hydrogen-bond acceptors (Lipinski definition) is 9. The van der Waals surface area contributed by atoms with Gasteiger partial charge in [0, 0.05) is 26.2 Å². The zero-order valence-corrected chi connectivity index (χ0v) is 19.9. The summed E-state index contributed by atoms with van der Waals surface area (Å²) in [4.78, 5) is 18.7. The van der Waals surface area contributed by atoms with Gasteiger partial charge in [0.15, 0.2) is 29.2 Å². The van der Waals surface area contributed by atoms with Crippen LogP contribution in [0.25, 0.3) is 16.0 Å². The van der Waals surface area contributed by atoms with Crippen molar-refractivity contribution in [1.82, 2.24) is 29.7 Å². The SMILES string of the molecule is [C-]#[N+]c1cc(C)c(Oc2cc(Nc3ccc(N4C[C@H](C)O[C@@H](C)C4)nn3)c3ncn(C)c3n2)cn1. The van der Waals surface area contributed by atoms with Crippen LogP contribution in [0.3, 0.4) is 0 Å². The smallest absolute Gasteiger partial charge is 0.269 e. The van der Waals surface area contributed by atoms with Crippen LogP contribution in [0, 0.1) is 13.5 Å². The predicted molar refractivity (Wildman–Crippen MR) is 131 cm³/mol. The highest BCUT2D eigenvalue weighted by atomic mass is 16.5. The summed E-state index contributed by atoms with van der Waals surface area (Å²) in [6.45, 7) is 14.7. The van der Waals surface area contributed by atoms with E-state index < -0.39 is 0 Å². The molecule has 0 aromatic carbocycles. The van der Waals surface area contributed by atoms with E-state index in [0.717, 1.165) is 24.5 Å². The summed E-state index contributed by atoms with van der Waals surface area (Å²) in [6.07, 6.45) is 3.51. The molecule has 4 aromatic rings. The molecular formula is C24H25N9O2. The van der Waals surface area contributed by atoms with Crippen LogP contribution in [0.15, 0.2) is 36.8 Å². The van der Waals surface area contributed by atoms with Gasteiger partial charge in [-0.15, -0.1) is 15.2 Å². The largest absolute Gasteiger partial charge is 0.435 e. The number of rotatable bonds is 5. The first-order valence-corrected chi connectivity index (χ1v) is 11.2. The maximum Gasteiger partial charge on any atom is 0.269 e. The van der Waals surface area contributed by atoms with Gasteiger partial charge in [-0.2, -0.15) is 4.98 Å². The molecule has 5 heterocycles. The van der Waals surface area contributed by atoms with E-state index in [-0.39, 0.29) is 12.2 Å². The molecule has 1 aliphatic heterocycles. The second-order valence-corrected chi connectivity index (χ2v) is 8.62. The molecule has 0 unspecified atom stereocenters. The Kier molecular flexibility index (Phi) is 5.88. The van der Waals surface area contributed by atoms with Crippen molar-refractivity contribution in [3.8, 4) is 11.6 Å². The minimum absolute atomic E-state index is 0.141. The van der Waals surface area contributed by atoms with E-state index in [9.17, 15) is 0 Å².